The fourth-order valence-electron chi connectivity index (χ4n) is 3.19. The van der Waals surface area contributed by atoms with Gasteiger partial charge in [0.05, 0.1) is 0 Å². The zero-order chi connectivity index (χ0) is 23.0. The summed E-state index contributed by atoms with van der Waals surface area (Å²) < 4.78 is 6.76. The molecule has 2 aromatic carbocycles. The Morgan fingerprint density at radius 1 is 1.06 bits per heavy atom. The second-order valence-electron chi connectivity index (χ2n) is 7.95. The standard InChI is InChI=1S/C25H33BrN2O3/c1-6-19(5)27-25(30)23(7-2)28(15-20-10-8-17(3)9-11-20)24(29)16-31-21-12-13-22(26)18(4)14-21/h8-14,19,23H,6-7,15-16H2,1-5H3,(H,27,30)/t19-,23-/m1/s1. The SMILES string of the molecule is CC[C@@H](C)NC(=O)[C@@H](CC)N(Cc1ccc(C)cc1)C(=O)COc1ccc(Br)c(C)c1. The van der Waals surface area contributed by atoms with Gasteiger partial charge in [0.15, 0.2) is 6.61 Å². The second-order valence-corrected chi connectivity index (χ2v) is 8.80. The van der Waals surface area contributed by atoms with Crippen molar-refractivity contribution in [3.05, 3.63) is 63.6 Å². The smallest absolute Gasteiger partial charge is 0.261 e. The van der Waals surface area contributed by atoms with Gasteiger partial charge in [-0.2, -0.15) is 0 Å². The van der Waals surface area contributed by atoms with Crippen molar-refractivity contribution < 1.29 is 14.3 Å². The Kier molecular flexibility index (Phi) is 9.56. The molecule has 5 nitrogen and oxygen atoms in total. The summed E-state index contributed by atoms with van der Waals surface area (Å²) in [5.41, 5.74) is 3.16. The number of amides is 2. The normalized spacial score (nSPS) is 12.7. The van der Waals surface area contributed by atoms with E-state index in [9.17, 15) is 9.59 Å². The average molecular weight is 489 g/mol. The van der Waals surface area contributed by atoms with Crippen molar-refractivity contribution in [1.82, 2.24) is 10.2 Å². The summed E-state index contributed by atoms with van der Waals surface area (Å²) >= 11 is 3.47. The fourth-order valence-corrected chi connectivity index (χ4v) is 3.43. The Morgan fingerprint density at radius 3 is 2.32 bits per heavy atom. The van der Waals surface area contributed by atoms with Crippen LogP contribution in [0.4, 0.5) is 0 Å². The summed E-state index contributed by atoms with van der Waals surface area (Å²) in [6.45, 7) is 10.1. The lowest BCUT2D eigenvalue weighted by Gasteiger charge is -2.31. The molecule has 2 rings (SSSR count). The lowest BCUT2D eigenvalue weighted by Crippen LogP contribution is -2.51. The molecule has 2 aromatic rings. The van der Waals surface area contributed by atoms with Crippen LogP contribution >= 0.6 is 15.9 Å². The number of hydrogen-bond acceptors (Lipinski definition) is 3. The number of carbonyl (C=O) groups is 2. The summed E-state index contributed by atoms with van der Waals surface area (Å²) in [6.07, 6.45) is 1.36. The molecule has 0 unspecified atom stereocenters. The molecule has 0 saturated heterocycles. The van der Waals surface area contributed by atoms with Crippen LogP contribution in [-0.2, 0) is 16.1 Å². The lowest BCUT2D eigenvalue weighted by atomic mass is 10.1. The Bertz CT molecular complexity index is 883. The van der Waals surface area contributed by atoms with E-state index >= 15 is 0 Å². The minimum Gasteiger partial charge on any atom is -0.484 e. The molecule has 0 aliphatic heterocycles. The number of aryl methyl sites for hydroxylation is 2. The number of ether oxygens (including phenoxy) is 1. The van der Waals surface area contributed by atoms with Gasteiger partial charge in [0, 0.05) is 17.1 Å². The molecule has 0 bridgehead atoms. The van der Waals surface area contributed by atoms with Crippen LogP contribution in [0.2, 0.25) is 0 Å². The monoisotopic (exact) mass is 488 g/mol. The molecule has 2 amide bonds. The van der Waals surface area contributed by atoms with Gasteiger partial charge < -0.3 is 15.0 Å². The van der Waals surface area contributed by atoms with E-state index in [0.29, 0.717) is 18.7 Å². The van der Waals surface area contributed by atoms with Crippen molar-refractivity contribution in [2.45, 2.75) is 66.1 Å². The lowest BCUT2D eigenvalue weighted by molar-refractivity contribution is -0.143. The first kappa shape index (κ1) is 24.9. The molecule has 168 valence electrons. The quantitative estimate of drug-likeness (QED) is 0.501. The number of hydrogen-bond donors (Lipinski definition) is 1. The molecule has 0 aliphatic carbocycles. The number of carbonyl (C=O) groups excluding carboxylic acids is 2. The third kappa shape index (κ3) is 7.39. The molecular weight excluding hydrogens is 456 g/mol. The first-order valence-corrected chi connectivity index (χ1v) is 11.6. The Labute approximate surface area is 194 Å². The highest BCUT2D eigenvalue weighted by molar-refractivity contribution is 9.10. The molecule has 6 heteroatoms. The average Bonchev–Trinajstić information content (AvgIpc) is 2.75. The largest absolute Gasteiger partial charge is 0.484 e. The van der Waals surface area contributed by atoms with E-state index in [4.69, 9.17) is 4.74 Å². The highest BCUT2D eigenvalue weighted by atomic mass is 79.9. The topological polar surface area (TPSA) is 58.6 Å². The number of nitrogens with zero attached hydrogens (tertiary/aromatic N) is 1. The summed E-state index contributed by atoms with van der Waals surface area (Å²) in [5, 5.41) is 3.02. The van der Waals surface area contributed by atoms with Crippen LogP contribution in [0.1, 0.15) is 50.3 Å². The highest BCUT2D eigenvalue weighted by Crippen LogP contribution is 2.22. The number of halogens is 1. The van der Waals surface area contributed by atoms with E-state index in [1.807, 2.05) is 77.1 Å². The summed E-state index contributed by atoms with van der Waals surface area (Å²) in [6, 6.07) is 13.1. The minimum absolute atomic E-state index is 0.0554. The van der Waals surface area contributed by atoms with E-state index in [0.717, 1.165) is 27.6 Å². The molecule has 0 fully saturated rings. The second kappa shape index (κ2) is 11.9. The Hall–Kier alpha value is -2.34. The molecule has 0 aliphatic rings. The van der Waals surface area contributed by atoms with Crippen molar-refractivity contribution in [1.29, 1.82) is 0 Å². The van der Waals surface area contributed by atoms with Crippen molar-refractivity contribution in [2.24, 2.45) is 0 Å². The molecule has 0 spiro atoms. The zero-order valence-corrected chi connectivity index (χ0v) is 20.7. The fraction of sp³-hybridized carbons (Fsp3) is 0.440. The van der Waals surface area contributed by atoms with Crippen molar-refractivity contribution >= 4 is 27.7 Å². The molecule has 0 aromatic heterocycles. The molecular formula is C25H33BrN2O3. The van der Waals surface area contributed by atoms with E-state index < -0.39 is 6.04 Å². The van der Waals surface area contributed by atoms with Crippen LogP contribution in [0.5, 0.6) is 5.75 Å². The van der Waals surface area contributed by atoms with Crippen LogP contribution in [0.25, 0.3) is 0 Å². The minimum atomic E-state index is -0.557. The predicted molar refractivity (Wildman–Crippen MR) is 128 cm³/mol. The molecule has 0 saturated carbocycles. The van der Waals surface area contributed by atoms with Gasteiger partial charge in [0.1, 0.15) is 11.8 Å². The summed E-state index contributed by atoms with van der Waals surface area (Å²) in [5.74, 6) is 0.283. The van der Waals surface area contributed by atoms with Crippen molar-refractivity contribution in [3.8, 4) is 5.75 Å². The van der Waals surface area contributed by atoms with Crippen LogP contribution in [0, 0.1) is 13.8 Å². The summed E-state index contributed by atoms with van der Waals surface area (Å²) in [4.78, 5) is 27.8. The van der Waals surface area contributed by atoms with Crippen LogP contribution in [0.3, 0.4) is 0 Å². The maximum absolute atomic E-state index is 13.2. The van der Waals surface area contributed by atoms with E-state index in [2.05, 4.69) is 21.2 Å². The molecule has 0 heterocycles. The van der Waals surface area contributed by atoms with Gasteiger partial charge in [-0.1, -0.05) is 59.6 Å². The van der Waals surface area contributed by atoms with Crippen LogP contribution < -0.4 is 10.1 Å². The van der Waals surface area contributed by atoms with Crippen LogP contribution in [0.15, 0.2) is 46.9 Å². The first-order valence-electron chi connectivity index (χ1n) is 10.8. The van der Waals surface area contributed by atoms with Crippen molar-refractivity contribution in [3.63, 3.8) is 0 Å². The molecule has 0 radical (unpaired) electrons. The third-order valence-electron chi connectivity index (χ3n) is 5.35. The Morgan fingerprint density at radius 2 is 1.74 bits per heavy atom. The van der Waals surface area contributed by atoms with Crippen molar-refractivity contribution in [2.75, 3.05) is 6.61 Å². The highest BCUT2D eigenvalue weighted by Gasteiger charge is 2.29. The van der Waals surface area contributed by atoms with Gasteiger partial charge in [-0.15, -0.1) is 0 Å². The number of nitrogens with one attached hydrogen (secondary N) is 1. The third-order valence-corrected chi connectivity index (χ3v) is 6.24. The van der Waals surface area contributed by atoms with Crippen LogP contribution in [-0.4, -0.2) is 35.4 Å². The van der Waals surface area contributed by atoms with Gasteiger partial charge in [0.2, 0.25) is 5.91 Å². The van der Waals surface area contributed by atoms with Gasteiger partial charge in [-0.25, -0.2) is 0 Å². The maximum atomic E-state index is 13.2. The van der Waals surface area contributed by atoms with Gasteiger partial charge >= 0.3 is 0 Å². The summed E-state index contributed by atoms with van der Waals surface area (Å²) in [7, 11) is 0. The number of benzene rings is 2. The molecule has 1 N–H and O–H groups in total. The van der Waals surface area contributed by atoms with Gasteiger partial charge in [-0.3, -0.25) is 9.59 Å². The first-order chi connectivity index (χ1) is 14.7. The van der Waals surface area contributed by atoms with E-state index in [1.165, 1.54) is 0 Å². The predicted octanol–water partition coefficient (Wildman–Crippen LogP) is 5.17. The Balaban J connectivity index is 2.21. The van der Waals surface area contributed by atoms with E-state index in [1.54, 1.807) is 4.90 Å². The van der Waals surface area contributed by atoms with E-state index in [-0.39, 0.29) is 24.5 Å². The maximum Gasteiger partial charge on any atom is 0.261 e. The molecule has 31 heavy (non-hydrogen) atoms. The van der Waals surface area contributed by atoms with Gasteiger partial charge in [-0.05, 0) is 62.9 Å². The van der Waals surface area contributed by atoms with Gasteiger partial charge in [0.25, 0.3) is 5.91 Å². The zero-order valence-electron chi connectivity index (χ0n) is 19.1. The number of rotatable bonds is 10. The molecule has 2 atom stereocenters.